The Hall–Kier alpha value is -0.100. The number of aliphatic carboxylic acids is 1. The first-order valence-corrected chi connectivity index (χ1v) is 20.3. The lowest BCUT2D eigenvalue weighted by molar-refractivity contribution is -0.136. The van der Waals surface area contributed by atoms with E-state index in [1.54, 1.807) is 0 Å². The average molecular weight is 597 g/mol. The van der Waals surface area contributed by atoms with Crippen LogP contribution in [0, 0.1) is 5.41 Å². The fourth-order valence-electron chi connectivity index (χ4n) is 6.69. The van der Waals surface area contributed by atoms with E-state index >= 15 is 0 Å². The van der Waals surface area contributed by atoms with Gasteiger partial charge in [-0.1, -0.05) is 182 Å². The zero-order chi connectivity index (χ0) is 30.3. The normalized spacial score (nSPS) is 13.0. The molecule has 0 bridgehead atoms. The van der Waals surface area contributed by atoms with Crippen molar-refractivity contribution < 1.29 is 9.90 Å². The standard InChI is InChI=1S/C38H77O2P/c1-5-9-13-14-15-16-20-23-26-29-35-41-36(37(39)40)30-27-24-21-18-17-19-22-25-28-34-38(31-10-6-2,32-11-7-3)33-12-8-4/h36,41H,5-35H2,1-4H3,(H,39,40). The van der Waals surface area contributed by atoms with Crippen molar-refractivity contribution >= 4 is 14.6 Å². The zero-order valence-electron chi connectivity index (χ0n) is 28.9. The molecule has 41 heavy (non-hydrogen) atoms. The maximum absolute atomic E-state index is 11.7. The first kappa shape index (κ1) is 40.9. The van der Waals surface area contributed by atoms with Gasteiger partial charge in [-0.3, -0.25) is 4.79 Å². The minimum absolute atomic E-state index is 0.0762. The second-order valence-corrected chi connectivity index (χ2v) is 15.2. The third kappa shape index (κ3) is 26.1. The van der Waals surface area contributed by atoms with Crippen molar-refractivity contribution in [2.24, 2.45) is 5.41 Å². The predicted octanol–water partition coefficient (Wildman–Crippen LogP) is 13.9. The number of carboxylic acids is 1. The molecule has 0 aromatic heterocycles. The average Bonchev–Trinajstić information content (AvgIpc) is 2.97. The van der Waals surface area contributed by atoms with Gasteiger partial charge in [0.15, 0.2) is 0 Å². The van der Waals surface area contributed by atoms with Crippen LogP contribution in [0.15, 0.2) is 0 Å². The van der Waals surface area contributed by atoms with Crippen LogP contribution in [0.4, 0.5) is 0 Å². The van der Waals surface area contributed by atoms with Gasteiger partial charge >= 0.3 is 5.97 Å². The molecule has 0 amide bonds. The minimum Gasteiger partial charge on any atom is -0.481 e. The van der Waals surface area contributed by atoms with Crippen LogP contribution < -0.4 is 0 Å². The lowest BCUT2D eigenvalue weighted by Gasteiger charge is -2.35. The fraction of sp³-hybridized carbons (Fsp3) is 0.974. The molecule has 0 heterocycles. The van der Waals surface area contributed by atoms with Gasteiger partial charge in [0, 0.05) is 0 Å². The molecule has 2 nitrogen and oxygen atoms in total. The smallest absolute Gasteiger partial charge is 0.310 e. The monoisotopic (exact) mass is 597 g/mol. The molecule has 0 spiro atoms. The molecule has 0 aliphatic rings. The summed E-state index contributed by atoms with van der Waals surface area (Å²) in [6, 6.07) is 0. The van der Waals surface area contributed by atoms with Gasteiger partial charge in [0.2, 0.25) is 0 Å². The van der Waals surface area contributed by atoms with E-state index in [9.17, 15) is 9.90 Å². The number of hydrogen-bond acceptors (Lipinski definition) is 1. The molecule has 0 saturated heterocycles. The van der Waals surface area contributed by atoms with E-state index in [1.807, 2.05) is 0 Å². The van der Waals surface area contributed by atoms with Crippen LogP contribution in [0.5, 0.6) is 0 Å². The van der Waals surface area contributed by atoms with Gasteiger partial charge in [-0.15, -0.1) is 8.58 Å². The largest absolute Gasteiger partial charge is 0.481 e. The van der Waals surface area contributed by atoms with Gasteiger partial charge in [-0.2, -0.15) is 0 Å². The molecule has 0 saturated carbocycles. The third-order valence-corrected chi connectivity index (χ3v) is 11.3. The van der Waals surface area contributed by atoms with E-state index in [-0.39, 0.29) is 5.66 Å². The van der Waals surface area contributed by atoms with E-state index in [0.29, 0.717) is 14.0 Å². The van der Waals surface area contributed by atoms with Crippen molar-refractivity contribution in [2.45, 2.75) is 226 Å². The lowest BCUT2D eigenvalue weighted by atomic mass is 9.71. The number of hydrogen-bond donors (Lipinski definition) is 1. The van der Waals surface area contributed by atoms with Gasteiger partial charge in [0.25, 0.3) is 0 Å². The SMILES string of the molecule is CCCCCCCCCCCCPC(CCCCCCCCCCCC(CCCC)(CCCC)CCCC)C(=O)O. The summed E-state index contributed by atoms with van der Waals surface area (Å²) < 4.78 is 0. The van der Waals surface area contributed by atoms with Gasteiger partial charge < -0.3 is 5.11 Å². The summed E-state index contributed by atoms with van der Waals surface area (Å²) in [5.74, 6) is -0.543. The Balaban J connectivity index is 3.83. The highest BCUT2D eigenvalue weighted by molar-refractivity contribution is 7.40. The van der Waals surface area contributed by atoms with Crippen molar-refractivity contribution in [3.63, 3.8) is 0 Å². The molecule has 0 fully saturated rings. The van der Waals surface area contributed by atoms with Crippen LogP contribution in [-0.2, 0) is 4.79 Å². The van der Waals surface area contributed by atoms with Crippen LogP contribution in [0.25, 0.3) is 0 Å². The van der Waals surface area contributed by atoms with Gasteiger partial charge in [0.1, 0.15) is 0 Å². The van der Waals surface area contributed by atoms with Crippen LogP contribution in [-0.4, -0.2) is 22.9 Å². The third-order valence-electron chi connectivity index (χ3n) is 9.60. The maximum atomic E-state index is 11.7. The van der Waals surface area contributed by atoms with Crippen molar-refractivity contribution in [1.82, 2.24) is 0 Å². The Bertz CT molecular complexity index is 513. The Morgan fingerprint density at radius 1 is 0.488 bits per heavy atom. The highest BCUT2D eigenvalue weighted by Gasteiger charge is 2.27. The second kappa shape index (κ2) is 31.3. The van der Waals surface area contributed by atoms with E-state index in [2.05, 4.69) is 27.7 Å². The summed E-state index contributed by atoms with van der Waals surface area (Å²) >= 11 is 0. The first-order valence-electron chi connectivity index (χ1n) is 19.0. The van der Waals surface area contributed by atoms with Gasteiger partial charge in [-0.05, 0) is 50.1 Å². The number of carbonyl (C=O) groups is 1. The molecule has 0 rings (SSSR count). The molecular formula is C38H77O2P. The summed E-state index contributed by atoms with van der Waals surface area (Å²) in [6.07, 6.45) is 41.8. The highest BCUT2D eigenvalue weighted by atomic mass is 31.1. The Kier molecular flexibility index (Phi) is 31.3. The second-order valence-electron chi connectivity index (χ2n) is 13.6. The molecule has 0 radical (unpaired) electrons. The molecular weight excluding hydrogens is 519 g/mol. The number of carboxylic acid groups (broad SMARTS) is 1. The topological polar surface area (TPSA) is 37.3 Å². The van der Waals surface area contributed by atoms with Crippen molar-refractivity contribution in [1.29, 1.82) is 0 Å². The highest BCUT2D eigenvalue weighted by Crippen LogP contribution is 2.41. The molecule has 0 aromatic carbocycles. The molecule has 3 heteroatoms. The van der Waals surface area contributed by atoms with Gasteiger partial charge in [-0.25, -0.2) is 0 Å². The van der Waals surface area contributed by atoms with Crippen molar-refractivity contribution in [2.75, 3.05) is 6.16 Å². The Morgan fingerprint density at radius 2 is 0.829 bits per heavy atom. The summed E-state index contributed by atoms with van der Waals surface area (Å²) in [6.45, 7) is 9.35. The Labute approximate surface area is 261 Å². The maximum Gasteiger partial charge on any atom is 0.310 e. The van der Waals surface area contributed by atoms with Crippen LogP contribution in [0.2, 0.25) is 0 Å². The Morgan fingerprint density at radius 3 is 1.24 bits per heavy atom. The molecule has 1 N–H and O–H groups in total. The van der Waals surface area contributed by atoms with E-state index in [1.165, 1.54) is 180 Å². The molecule has 246 valence electrons. The van der Waals surface area contributed by atoms with Crippen LogP contribution >= 0.6 is 8.58 Å². The first-order chi connectivity index (χ1) is 20.0. The zero-order valence-corrected chi connectivity index (χ0v) is 29.9. The summed E-state index contributed by atoms with van der Waals surface area (Å²) in [5.41, 5.74) is 0.566. The minimum atomic E-state index is -0.543. The van der Waals surface area contributed by atoms with E-state index < -0.39 is 5.97 Å². The van der Waals surface area contributed by atoms with Crippen molar-refractivity contribution in [3.8, 4) is 0 Å². The quantitative estimate of drug-likeness (QED) is 0.0592. The molecule has 2 atom stereocenters. The number of unbranched alkanes of at least 4 members (excludes halogenated alkanes) is 20. The molecule has 0 aromatic rings. The summed E-state index contributed by atoms with van der Waals surface area (Å²) in [7, 11) is 0.622. The van der Waals surface area contributed by atoms with Crippen LogP contribution in [0.3, 0.4) is 0 Å². The molecule has 0 aliphatic heterocycles. The fourth-order valence-corrected chi connectivity index (χ4v) is 8.08. The molecule has 2 unspecified atom stereocenters. The number of rotatable bonds is 34. The molecule has 0 aliphatic carbocycles. The summed E-state index contributed by atoms with van der Waals surface area (Å²) in [5, 5.41) is 9.66. The summed E-state index contributed by atoms with van der Waals surface area (Å²) in [4.78, 5) is 11.7. The van der Waals surface area contributed by atoms with Crippen LogP contribution in [0.1, 0.15) is 220 Å². The van der Waals surface area contributed by atoms with Crippen molar-refractivity contribution in [3.05, 3.63) is 0 Å². The van der Waals surface area contributed by atoms with Gasteiger partial charge in [0.05, 0.1) is 5.66 Å². The van der Waals surface area contributed by atoms with E-state index in [4.69, 9.17) is 0 Å². The van der Waals surface area contributed by atoms with E-state index in [0.717, 1.165) is 19.0 Å². The lowest BCUT2D eigenvalue weighted by Crippen LogP contribution is -2.21. The predicted molar refractivity (Wildman–Crippen MR) is 188 cm³/mol.